The highest BCUT2D eigenvalue weighted by Crippen LogP contribution is 2.18. The molecule has 28 heavy (non-hydrogen) atoms. The van der Waals surface area contributed by atoms with Crippen LogP contribution in [0.15, 0.2) is 35.1 Å². The summed E-state index contributed by atoms with van der Waals surface area (Å²) in [6.07, 6.45) is 5.18. The van der Waals surface area contributed by atoms with Crippen LogP contribution >= 0.6 is 0 Å². The lowest BCUT2D eigenvalue weighted by molar-refractivity contribution is -0.122. The first-order chi connectivity index (χ1) is 13.6. The Hall–Kier alpha value is -2.47. The van der Waals surface area contributed by atoms with Gasteiger partial charge in [0.15, 0.2) is 0 Å². The second kappa shape index (κ2) is 8.27. The SMILES string of the molecule is Cc1nc2c(c(=O)n1CC(=O)NC1CCCC1)CN(Cc1ccccc1)CC2. The molecule has 1 aliphatic carbocycles. The molecule has 6 heteroatoms. The lowest BCUT2D eigenvalue weighted by Crippen LogP contribution is -2.42. The van der Waals surface area contributed by atoms with Crippen LogP contribution in [-0.2, 0) is 30.8 Å². The third kappa shape index (κ3) is 4.17. The van der Waals surface area contributed by atoms with Crippen LogP contribution in [-0.4, -0.2) is 32.9 Å². The fourth-order valence-corrected chi connectivity index (χ4v) is 4.34. The Kier molecular flexibility index (Phi) is 5.57. The van der Waals surface area contributed by atoms with Crippen molar-refractivity contribution in [2.45, 2.75) is 64.7 Å². The van der Waals surface area contributed by atoms with Crippen LogP contribution in [0.25, 0.3) is 0 Å². The summed E-state index contributed by atoms with van der Waals surface area (Å²) in [6.45, 7) is 4.16. The van der Waals surface area contributed by atoms with Gasteiger partial charge in [-0.1, -0.05) is 43.2 Å². The highest BCUT2D eigenvalue weighted by molar-refractivity contribution is 5.76. The number of nitrogens with zero attached hydrogens (tertiary/aromatic N) is 3. The van der Waals surface area contributed by atoms with E-state index < -0.39 is 0 Å². The van der Waals surface area contributed by atoms with Crippen LogP contribution in [0.1, 0.15) is 48.3 Å². The van der Waals surface area contributed by atoms with Gasteiger partial charge in [0.2, 0.25) is 5.91 Å². The predicted octanol–water partition coefficient (Wildman–Crippen LogP) is 2.17. The largest absolute Gasteiger partial charge is 0.352 e. The molecule has 6 nitrogen and oxygen atoms in total. The second-order valence-electron chi connectivity index (χ2n) is 7.97. The molecule has 0 saturated heterocycles. The van der Waals surface area contributed by atoms with Crippen molar-refractivity contribution >= 4 is 5.91 Å². The first-order valence-corrected chi connectivity index (χ1v) is 10.2. The van der Waals surface area contributed by atoms with E-state index in [4.69, 9.17) is 0 Å². The maximum atomic E-state index is 13.1. The Morgan fingerprint density at radius 3 is 2.71 bits per heavy atom. The topological polar surface area (TPSA) is 67.2 Å². The third-order valence-corrected chi connectivity index (χ3v) is 5.86. The molecule has 0 bridgehead atoms. The zero-order valence-electron chi connectivity index (χ0n) is 16.5. The number of rotatable bonds is 5. The van der Waals surface area contributed by atoms with Crippen molar-refractivity contribution in [2.75, 3.05) is 6.54 Å². The van der Waals surface area contributed by atoms with Gasteiger partial charge in [0.05, 0.1) is 11.3 Å². The van der Waals surface area contributed by atoms with Crippen molar-refractivity contribution in [3.63, 3.8) is 0 Å². The minimum Gasteiger partial charge on any atom is -0.352 e. The number of benzene rings is 1. The molecule has 0 unspecified atom stereocenters. The standard InChI is InChI=1S/C22H28N4O2/c1-16-23-20-11-12-25(13-17-7-3-2-4-8-17)14-19(20)22(28)26(16)15-21(27)24-18-9-5-6-10-18/h2-4,7-8,18H,5-6,9-15H2,1H3,(H,24,27). The molecule has 1 N–H and O–H groups in total. The molecule has 0 atom stereocenters. The molecular formula is C22H28N4O2. The van der Waals surface area contributed by atoms with E-state index in [-0.39, 0.29) is 24.1 Å². The fourth-order valence-electron chi connectivity index (χ4n) is 4.34. The normalized spacial score (nSPS) is 17.5. The van der Waals surface area contributed by atoms with Gasteiger partial charge in [0.1, 0.15) is 12.4 Å². The van der Waals surface area contributed by atoms with Crippen molar-refractivity contribution in [1.29, 1.82) is 0 Å². The number of nitrogens with one attached hydrogen (secondary N) is 1. The molecule has 2 aromatic rings. The Bertz CT molecular complexity index is 901. The first kappa shape index (κ1) is 18.9. The number of hydrogen-bond acceptors (Lipinski definition) is 4. The Balaban J connectivity index is 1.50. The summed E-state index contributed by atoms with van der Waals surface area (Å²) in [6, 6.07) is 10.6. The zero-order valence-corrected chi connectivity index (χ0v) is 16.5. The lowest BCUT2D eigenvalue weighted by Gasteiger charge is -2.28. The minimum absolute atomic E-state index is 0.0557. The van der Waals surface area contributed by atoms with Crippen molar-refractivity contribution in [2.24, 2.45) is 0 Å². The van der Waals surface area contributed by atoms with Crippen molar-refractivity contribution < 1.29 is 4.79 Å². The summed E-state index contributed by atoms with van der Waals surface area (Å²) in [7, 11) is 0. The molecule has 1 aliphatic heterocycles. The number of carbonyl (C=O) groups is 1. The van der Waals surface area contributed by atoms with E-state index in [1.54, 1.807) is 0 Å². The average molecular weight is 380 g/mol. The molecule has 2 aliphatic rings. The highest BCUT2D eigenvalue weighted by atomic mass is 16.2. The summed E-state index contributed by atoms with van der Waals surface area (Å²) in [5, 5.41) is 3.07. The maximum absolute atomic E-state index is 13.1. The van der Waals surface area contributed by atoms with Gasteiger partial charge in [-0.3, -0.25) is 19.1 Å². The number of carbonyl (C=O) groups excluding carboxylic acids is 1. The number of aryl methyl sites for hydroxylation is 1. The van der Waals surface area contributed by atoms with Gasteiger partial charge >= 0.3 is 0 Å². The van der Waals surface area contributed by atoms with Gasteiger partial charge in [-0.15, -0.1) is 0 Å². The summed E-state index contributed by atoms with van der Waals surface area (Å²) in [5.74, 6) is 0.539. The van der Waals surface area contributed by atoms with E-state index >= 15 is 0 Å². The van der Waals surface area contributed by atoms with Gasteiger partial charge in [0, 0.05) is 32.1 Å². The fraction of sp³-hybridized carbons (Fsp3) is 0.500. The number of amides is 1. The summed E-state index contributed by atoms with van der Waals surface area (Å²) in [4.78, 5) is 32.5. The van der Waals surface area contributed by atoms with Crippen LogP contribution in [0.5, 0.6) is 0 Å². The van der Waals surface area contributed by atoms with Crippen molar-refractivity contribution in [1.82, 2.24) is 19.8 Å². The van der Waals surface area contributed by atoms with E-state index in [1.165, 1.54) is 23.0 Å². The molecular weight excluding hydrogens is 352 g/mol. The highest BCUT2D eigenvalue weighted by Gasteiger charge is 2.24. The van der Waals surface area contributed by atoms with Crippen LogP contribution in [0.2, 0.25) is 0 Å². The van der Waals surface area contributed by atoms with Gasteiger partial charge in [0.25, 0.3) is 5.56 Å². The molecule has 0 radical (unpaired) electrons. The van der Waals surface area contributed by atoms with Gasteiger partial charge in [-0.2, -0.15) is 0 Å². The molecule has 1 amide bonds. The van der Waals surface area contributed by atoms with E-state index in [0.717, 1.165) is 43.6 Å². The quantitative estimate of drug-likeness (QED) is 0.863. The van der Waals surface area contributed by atoms with Gasteiger partial charge < -0.3 is 5.32 Å². The monoisotopic (exact) mass is 380 g/mol. The minimum atomic E-state index is -0.0872. The van der Waals surface area contributed by atoms with E-state index in [0.29, 0.717) is 12.4 Å². The van der Waals surface area contributed by atoms with Gasteiger partial charge in [-0.05, 0) is 25.3 Å². The third-order valence-electron chi connectivity index (χ3n) is 5.86. The number of fused-ring (bicyclic) bond motifs is 1. The molecule has 1 fully saturated rings. The molecule has 0 spiro atoms. The Morgan fingerprint density at radius 2 is 1.96 bits per heavy atom. The zero-order chi connectivity index (χ0) is 19.5. The Labute approximate surface area is 165 Å². The Morgan fingerprint density at radius 1 is 1.21 bits per heavy atom. The first-order valence-electron chi connectivity index (χ1n) is 10.2. The number of hydrogen-bond donors (Lipinski definition) is 1. The lowest BCUT2D eigenvalue weighted by atomic mass is 10.1. The van der Waals surface area contributed by atoms with Gasteiger partial charge in [-0.25, -0.2) is 4.98 Å². The molecule has 1 aromatic carbocycles. The van der Waals surface area contributed by atoms with E-state index in [1.807, 2.05) is 25.1 Å². The molecule has 1 aromatic heterocycles. The van der Waals surface area contributed by atoms with Crippen LogP contribution < -0.4 is 10.9 Å². The smallest absolute Gasteiger partial charge is 0.258 e. The molecule has 4 rings (SSSR count). The van der Waals surface area contributed by atoms with Crippen molar-refractivity contribution in [3.8, 4) is 0 Å². The van der Waals surface area contributed by atoms with Crippen LogP contribution in [0.4, 0.5) is 0 Å². The van der Waals surface area contributed by atoms with Crippen molar-refractivity contribution in [3.05, 3.63) is 63.3 Å². The predicted molar refractivity (Wildman–Crippen MR) is 108 cm³/mol. The number of aromatic nitrogens is 2. The second-order valence-corrected chi connectivity index (χ2v) is 7.97. The molecule has 148 valence electrons. The molecule has 1 saturated carbocycles. The van der Waals surface area contributed by atoms with Crippen LogP contribution in [0.3, 0.4) is 0 Å². The van der Waals surface area contributed by atoms with E-state index in [2.05, 4.69) is 27.3 Å². The summed E-state index contributed by atoms with van der Waals surface area (Å²) >= 11 is 0. The molecule has 2 heterocycles. The summed E-state index contributed by atoms with van der Waals surface area (Å²) in [5.41, 5.74) is 2.80. The average Bonchev–Trinajstić information content (AvgIpc) is 3.19. The van der Waals surface area contributed by atoms with Crippen LogP contribution in [0, 0.1) is 6.92 Å². The van der Waals surface area contributed by atoms with E-state index in [9.17, 15) is 9.59 Å². The maximum Gasteiger partial charge on any atom is 0.258 e. The summed E-state index contributed by atoms with van der Waals surface area (Å²) < 4.78 is 1.54.